The SMILES string of the molecule is CCC(C)(C)C(=O)OCCOC(=O)C(=O)/C=C/C=C/c1ccc(OC)cc1.CCC(C)(C)C(=O)OCCOC(=O)C(=O)/C=C/C=C/c1cccc(OC)c1.CCCCCCOc1ccc(/C=C/C=C/C(=O)C(=O)OCCOC(=O)C(C)(C)CC)cc1. The summed E-state index contributed by atoms with van der Waals surface area (Å²) in [5.74, 6) is -4.10. The van der Waals surface area contributed by atoms with Gasteiger partial charge in [0.2, 0.25) is 0 Å². The van der Waals surface area contributed by atoms with E-state index in [0.29, 0.717) is 19.3 Å². The van der Waals surface area contributed by atoms with Crippen molar-refractivity contribution >= 4 is 71.4 Å². The zero-order valence-corrected chi connectivity index (χ0v) is 52.1. The van der Waals surface area contributed by atoms with Gasteiger partial charge in [-0.15, -0.1) is 0 Å². The van der Waals surface area contributed by atoms with Gasteiger partial charge in [0.15, 0.2) is 0 Å². The second-order valence-electron chi connectivity index (χ2n) is 20.8. The van der Waals surface area contributed by atoms with Crippen LogP contribution in [0, 0.1) is 16.2 Å². The van der Waals surface area contributed by atoms with Gasteiger partial charge >= 0.3 is 35.8 Å². The number of carbonyl (C=O) groups excluding carboxylic acids is 9. The number of unbranched alkanes of at least 4 members (excludes halogenated alkanes) is 3. The highest BCUT2D eigenvalue weighted by Gasteiger charge is 2.29. The second-order valence-corrected chi connectivity index (χ2v) is 20.8. The molecule has 0 aromatic heterocycles. The Labute approximate surface area is 507 Å². The highest BCUT2D eigenvalue weighted by molar-refractivity contribution is 6.39. The maximum atomic E-state index is 11.8. The molecule has 0 aliphatic heterocycles. The van der Waals surface area contributed by atoms with Crippen LogP contribution in [0.4, 0.5) is 0 Å². The molecule has 0 amide bonds. The number of hydrogen-bond donors (Lipinski definition) is 0. The predicted octanol–water partition coefficient (Wildman–Crippen LogP) is 12.0. The van der Waals surface area contributed by atoms with Crippen molar-refractivity contribution in [1.82, 2.24) is 0 Å². The van der Waals surface area contributed by atoms with Gasteiger partial charge < -0.3 is 42.6 Å². The van der Waals surface area contributed by atoms with E-state index in [1.807, 2.05) is 99.6 Å². The Bertz CT molecular complexity index is 2790. The van der Waals surface area contributed by atoms with Crippen LogP contribution in [0.5, 0.6) is 17.2 Å². The monoisotopic (exact) mass is 1190 g/mol. The number of carbonyl (C=O) groups is 9. The normalized spacial score (nSPS) is 11.6. The minimum atomic E-state index is -0.994. The average molecular weight is 1190 g/mol. The lowest BCUT2D eigenvalue weighted by Gasteiger charge is -2.20. The fourth-order valence-corrected chi connectivity index (χ4v) is 6.03. The molecule has 0 heterocycles. The molecule has 0 saturated heterocycles. The molecule has 0 N–H and O–H groups in total. The van der Waals surface area contributed by atoms with Gasteiger partial charge in [-0.05, 0) is 139 Å². The first kappa shape index (κ1) is 75.3. The molecule has 3 aromatic carbocycles. The first-order chi connectivity index (χ1) is 40.9. The number of allylic oxidation sites excluding steroid dienone is 6. The van der Waals surface area contributed by atoms with Crippen LogP contribution in [-0.2, 0) is 71.6 Å². The first-order valence-corrected chi connectivity index (χ1v) is 28.6. The standard InChI is InChI=1S/C26H36O6.2C21H26O6/c1-5-7-8-11-18-30-22-16-14-21(15-17-22)12-9-10-13-23(27)24(28)31-19-20-32-25(29)26(3,4)6-2;1-5-21(2,3)20(24)27-14-13-26-19(23)18(22)12-7-6-9-16-10-8-11-17(15-16)25-4;1-5-21(2,3)20(24)27-15-14-26-19(23)18(22)9-7-6-8-16-10-12-17(25-4)13-11-16/h9-10,12-17H,5-8,11,18-20H2,1-4H3;6-12,15H,5,13-14H2,1-4H3;6-13H,5,14-15H2,1-4H3/b12-9+,13-10+;9-6+,12-7+;8-6+,9-7+. The van der Waals surface area contributed by atoms with Crippen molar-refractivity contribution < 1.29 is 85.8 Å². The molecule has 3 rings (SSSR count). The van der Waals surface area contributed by atoms with Crippen LogP contribution in [0.2, 0.25) is 0 Å². The molecule has 0 aliphatic carbocycles. The summed E-state index contributed by atoms with van der Waals surface area (Å²) < 4.78 is 45.4. The molecule has 18 nitrogen and oxygen atoms in total. The van der Waals surface area contributed by atoms with E-state index < -0.39 is 51.5 Å². The Morgan fingerprint density at radius 2 is 0.721 bits per heavy atom. The second kappa shape index (κ2) is 42.2. The molecule has 0 spiro atoms. The summed E-state index contributed by atoms with van der Waals surface area (Å²) in [6.45, 7) is 18.5. The van der Waals surface area contributed by atoms with E-state index in [1.54, 1.807) is 86.1 Å². The Hall–Kier alpha value is -8.67. The van der Waals surface area contributed by atoms with Crippen molar-refractivity contribution in [1.29, 1.82) is 0 Å². The Morgan fingerprint density at radius 1 is 0.372 bits per heavy atom. The summed E-state index contributed by atoms with van der Waals surface area (Å²) in [6, 6.07) is 22.4. The molecule has 0 aliphatic rings. The molecule has 0 fully saturated rings. The van der Waals surface area contributed by atoms with Crippen LogP contribution >= 0.6 is 0 Å². The van der Waals surface area contributed by atoms with E-state index >= 15 is 0 Å². The maximum absolute atomic E-state index is 11.8. The van der Waals surface area contributed by atoms with Gasteiger partial charge in [0.05, 0.1) is 37.1 Å². The zero-order chi connectivity index (χ0) is 64.4. The average Bonchev–Trinajstić information content (AvgIpc) is 3.53. The molecule has 468 valence electrons. The van der Waals surface area contributed by atoms with Crippen LogP contribution in [0.25, 0.3) is 18.2 Å². The molecule has 0 radical (unpaired) electrons. The molecule has 18 heteroatoms. The number of hydrogen-bond acceptors (Lipinski definition) is 18. The summed E-state index contributed by atoms with van der Waals surface area (Å²) in [5.41, 5.74) is 1.01. The van der Waals surface area contributed by atoms with Crippen molar-refractivity contribution in [3.8, 4) is 17.2 Å². The largest absolute Gasteiger partial charge is 0.497 e. The van der Waals surface area contributed by atoms with Crippen LogP contribution in [0.1, 0.15) is 131 Å². The molecule has 0 atom stereocenters. The van der Waals surface area contributed by atoms with Crippen molar-refractivity contribution in [2.75, 3.05) is 60.5 Å². The number of rotatable bonds is 35. The molecule has 0 unspecified atom stereocenters. The van der Waals surface area contributed by atoms with Gasteiger partial charge in [-0.3, -0.25) is 28.8 Å². The number of ether oxygens (including phenoxy) is 9. The summed E-state index contributed by atoms with van der Waals surface area (Å²) >= 11 is 0. The van der Waals surface area contributed by atoms with Gasteiger partial charge in [0.1, 0.15) is 56.9 Å². The third kappa shape index (κ3) is 32.4. The van der Waals surface area contributed by atoms with Crippen LogP contribution in [0.15, 0.2) is 127 Å². The van der Waals surface area contributed by atoms with E-state index in [-0.39, 0.29) is 57.5 Å². The van der Waals surface area contributed by atoms with Gasteiger partial charge in [-0.1, -0.05) is 138 Å². The highest BCUT2D eigenvalue weighted by atomic mass is 16.6. The van der Waals surface area contributed by atoms with Crippen LogP contribution in [-0.4, -0.2) is 114 Å². The molecule has 3 aromatic rings. The van der Waals surface area contributed by atoms with E-state index in [2.05, 4.69) is 6.92 Å². The van der Waals surface area contributed by atoms with E-state index in [9.17, 15) is 43.2 Å². The Kier molecular flexibility index (Phi) is 37.0. The molecule has 86 heavy (non-hydrogen) atoms. The number of benzene rings is 3. The summed E-state index contributed by atoms with van der Waals surface area (Å²) in [6.07, 6.45) is 24.7. The Balaban J connectivity index is 0.000000648. The summed E-state index contributed by atoms with van der Waals surface area (Å²) in [7, 11) is 3.17. The van der Waals surface area contributed by atoms with E-state index in [1.165, 1.54) is 37.5 Å². The maximum Gasteiger partial charge on any atom is 0.379 e. The first-order valence-electron chi connectivity index (χ1n) is 28.6. The molecular formula is C68H88O18. The van der Waals surface area contributed by atoms with E-state index in [4.69, 9.17) is 42.6 Å². The minimum Gasteiger partial charge on any atom is -0.497 e. The number of esters is 6. The zero-order valence-electron chi connectivity index (χ0n) is 52.1. The number of methoxy groups -OCH3 is 2. The lowest BCUT2D eigenvalue weighted by Crippen LogP contribution is -2.27. The number of ketones is 3. The van der Waals surface area contributed by atoms with Crippen molar-refractivity contribution in [3.63, 3.8) is 0 Å². The van der Waals surface area contributed by atoms with Gasteiger partial charge in [0.25, 0.3) is 17.3 Å². The van der Waals surface area contributed by atoms with Gasteiger partial charge in [0, 0.05) is 0 Å². The van der Waals surface area contributed by atoms with Crippen LogP contribution < -0.4 is 14.2 Å². The molecular weight excluding hydrogens is 1100 g/mol. The minimum absolute atomic E-state index is 0.0800. The summed E-state index contributed by atoms with van der Waals surface area (Å²) in [4.78, 5) is 105. The van der Waals surface area contributed by atoms with Crippen LogP contribution in [0.3, 0.4) is 0 Å². The third-order valence-electron chi connectivity index (χ3n) is 12.9. The fourth-order valence-electron chi connectivity index (χ4n) is 6.03. The van der Waals surface area contributed by atoms with Crippen molar-refractivity contribution in [3.05, 3.63) is 144 Å². The smallest absolute Gasteiger partial charge is 0.379 e. The quantitative estimate of drug-likeness (QED) is 0.0133. The topological polar surface area (TPSA) is 237 Å². The molecule has 0 saturated carbocycles. The molecule has 0 bridgehead atoms. The Morgan fingerprint density at radius 3 is 1.07 bits per heavy atom. The lowest BCUT2D eigenvalue weighted by molar-refractivity contribution is -0.160. The van der Waals surface area contributed by atoms with Gasteiger partial charge in [-0.2, -0.15) is 0 Å². The van der Waals surface area contributed by atoms with Crippen molar-refractivity contribution in [2.24, 2.45) is 16.2 Å². The highest BCUT2D eigenvalue weighted by Crippen LogP contribution is 2.23. The van der Waals surface area contributed by atoms with E-state index in [0.717, 1.165) is 65.2 Å². The lowest BCUT2D eigenvalue weighted by atomic mass is 9.91. The summed E-state index contributed by atoms with van der Waals surface area (Å²) in [5, 5.41) is 0. The van der Waals surface area contributed by atoms with Crippen molar-refractivity contribution in [2.45, 2.75) is 114 Å². The van der Waals surface area contributed by atoms with Gasteiger partial charge in [-0.25, -0.2) is 14.4 Å². The predicted molar refractivity (Wildman–Crippen MR) is 330 cm³/mol. The fraction of sp³-hybridized carbons (Fsp3) is 0.426. The third-order valence-corrected chi connectivity index (χ3v) is 12.9.